The molecule has 13 nitrogen and oxygen atoms in total. The number of ether oxygens (including phenoxy) is 1. The highest BCUT2D eigenvalue weighted by Crippen LogP contribution is 2.46. The van der Waals surface area contributed by atoms with Gasteiger partial charge in [0.1, 0.15) is 25.4 Å². The number of rotatable bonds is 16. The van der Waals surface area contributed by atoms with Crippen LogP contribution < -0.4 is 16.2 Å². The van der Waals surface area contributed by atoms with E-state index in [2.05, 4.69) is 96.9 Å². The molecule has 5 aromatic rings. The Bertz CT molecular complexity index is 2200. The molecule has 304 valence electrons. The molecule has 3 aromatic carbocycles. The van der Waals surface area contributed by atoms with Crippen LogP contribution in [0.4, 0.5) is 5.95 Å². The maximum absolute atomic E-state index is 13.4. The summed E-state index contributed by atoms with van der Waals surface area (Å²) in [6.07, 6.45) is -0.599. The summed E-state index contributed by atoms with van der Waals surface area (Å²) in [4.78, 5) is 38.0. The molecule has 0 spiro atoms. The lowest BCUT2D eigenvalue weighted by atomic mass is 9.76. The number of imidazole rings is 1. The van der Waals surface area contributed by atoms with Gasteiger partial charge in [0.05, 0.1) is 30.4 Å². The van der Waals surface area contributed by atoms with Crippen molar-refractivity contribution < 1.29 is 23.0 Å². The number of nitrogens with one attached hydrogen (secondary N) is 3. The molecule has 3 heterocycles. The van der Waals surface area contributed by atoms with Crippen molar-refractivity contribution >= 4 is 50.3 Å². The fourth-order valence-corrected chi connectivity index (χ4v) is 9.04. The number of anilines is 1. The Labute approximate surface area is 346 Å². The van der Waals surface area contributed by atoms with Gasteiger partial charge in [-0.3, -0.25) is 29.8 Å². The Morgan fingerprint density at radius 1 is 1.00 bits per heavy atom. The molecule has 1 amide bonds. The quantitative estimate of drug-likeness (QED) is 0.0386. The van der Waals surface area contributed by atoms with Gasteiger partial charge in [0, 0.05) is 5.92 Å². The lowest BCUT2D eigenvalue weighted by molar-refractivity contribution is -0.118. The van der Waals surface area contributed by atoms with E-state index in [1.165, 1.54) is 6.33 Å². The zero-order valence-corrected chi connectivity index (χ0v) is 36.6. The number of H-pyrrole nitrogens is 1. The van der Waals surface area contributed by atoms with Crippen LogP contribution in [0.5, 0.6) is 0 Å². The average Bonchev–Trinajstić information content (AvgIpc) is 3.77. The van der Waals surface area contributed by atoms with Crippen LogP contribution in [0.1, 0.15) is 64.0 Å². The van der Waals surface area contributed by atoms with Gasteiger partial charge in [0.15, 0.2) is 25.7 Å². The molecular weight excluding hydrogens is 790 g/mol. The molecule has 0 radical (unpaired) electrons. The molecule has 3 N–H and O–H groups in total. The van der Waals surface area contributed by atoms with Gasteiger partial charge in [0.2, 0.25) is 23.7 Å². The van der Waals surface area contributed by atoms with Gasteiger partial charge < -0.3 is 9.16 Å². The van der Waals surface area contributed by atoms with E-state index in [4.69, 9.17) is 40.3 Å². The minimum Gasteiger partial charge on any atom is -0.408 e. The zero-order valence-electron chi connectivity index (χ0n) is 33.8. The number of nitriles is 1. The number of carbonyl (C=O) groups is 1. The topological polar surface area (TPSA) is 165 Å². The highest BCUT2D eigenvalue weighted by atomic mass is 32.4. The lowest BCUT2D eigenvalue weighted by Crippen LogP contribution is -2.59. The second kappa shape index (κ2) is 18.2. The van der Waals surface area contributed by atoms with Crippen LogP contribution in [0.25, 0.3) is 11.2 Å². The number of carbonyl (C=O) groups excluding carboxylic acids is 1. The first-order valence-corrected chi connectivity index (χ1v) is 24.4. The van der Waals surface area contributed by atoms with Crippen molar-refractivity contribution in [1.82, 2.24) is 24.8 Å². The summed E-state index contributed by atoms with van der Waals surface area (Å²) in [5.74, 6) is -0.658. The summed E-state index contributed by atoms with van der Waals surface area (Å²) in [6, 6.07) is 32.2. The van der Waals surface area contributed by atoms with Crippen LogP contribution in [0.3, 0.4) is 0 Å². The highest BCUT2D eigenvalue weighted by Gasteiger charge is 2.54. The molecule has 0 aliphatic carbocycles. The number of aromatic amines is 1. The number of aromatic nitrogens is 4. The summed E-state index contributed by atoms with van der Waals surface area (Å²) >= 11 is 5.60. The Morgan fingerprint density at radius 2 is 1.57 bits per heavy atom. The van der Waals surface area contributed by atoms with Crippen LogP contribution >= 0.6 is 7.15 Å². The number of fused-ring (bicyclic) bond motifs is 1. The predicted octanol–water partition coefficient (Wildman–Crippen LogP) is 7.67. The molecule has 58 heavy (non-hydrogen) atoms. The molecule has 0 saturated carbocycles. The molecule has 16 heteroatoms. The maximum atomic E-state index is 13.4. The summed E-state index contributed by atoms with van der Waals surface area (Å²) in [5.41, 5.74) is 1.79. The van der Waals surface area contributed by atoms with E-state index in [1.807, 2.05) is 54.6 Å². The third-order valence-electron chi connectivity index (χ3n) is 10.8. The molecule has 3 unspecified atom stereocenters. The Kier molecular flexibility index (Phi) is 13.5. The lowest BCUT2D eigenvalue weighted by Gasteiger charge is -2.44. The monoisotopic (exact) mass is 840 g/mol. The molecule has 1 saturated heterocycles. The highest BCUT2D eigenvalue weighted by molar-refractivity contribution is 8.00. The SMILES string of the molecule is CC(C)C(=O)Nc1nc2c(ncn2[C@@H]2OC(CO[P+](=S)OCCC#N)[C@H](NC(c3ccccc3)(c3ccccc3)c3ccccc3)C2O[Si](C)(C)C(C)(C)C)c(=O)[nH]1. The van der Waals surface area contributed by atoms with Gasteiger partial charge >= 0.3 is 7.15 Å². The number of hydrogen-bond donors (Lipinski definition) is 3. The second-order valence-corrected chi connectivity index (χ2v) is 22.7. The first-order chi connectivity index (χ1) is 27.7. The van der Waals surface area contributed by atoms with E-state index in [0.717, 1.165) is 16.7 Å². The molecule has 2 aromatic heterocycles. The van der Waals surface area contributed by atoms with Crippen molar-refractivity contribution in [2.24, 2.45) is 5.92 Å². The van der Waals surface area contributed by atoms with Gasteiger partial charge in [-0.2, -0.15) is 10.2 Å². The maximum Gasteiger partial charge on any atom is 0.521 e. The van der Waals surface area contributed by atoms with Crippen LogP contribution in [-0.4, -0.2) is 65.2 Å². The van der Waals surface area contributed by atoms with Crippen molar-refractivity contribution in [2.75, 3.05) is 18.5 Å². The summed E-state index contributed by atoms with van der Waals surface area (Å²) in [5, 5.41) is 15.7. The van der Waals surface area contributed by atoms with E-state index in [9.17, 15) is 9.59 Å². The van der Waals surface area contributed by atoms with E-state index >= 15 is 0 Å². The van der Waals surface area contributed by atoms with Crippen molar-refractivity contribution in [3.8, 4) is 6.07 Å². The molecule has 0 bridgehead atoms. The van der Waals surface area contributed by atoms with Crippen molar-refractivity contribution in [3.63, 3.8) is 0 Å². The van der Waals surface area contributed by atoms with Crippen molar-refractivity contribution in [1.29, 1.82) is 5.26 Å². The van der Waals surface area contributed by atoms with E-state index < -0.39 is 51.0 Å². The van der Waals surface area contributed by atoms with E-state index in [1.54, 1.807) is 18.4 Å². The third kappa shape index (κ3) is 9.20. The minimum absolute atomic E-state index is 0.00473. The summed E-state index contributed by atoms with van der Waals surface area (Å²) in [7, 11) is -4.40. The van der Waals surface area contributed by atoms with Crippen LogP contribution in [0.2, 0.25) is 18.1 Å². The smallest absolute Gasteiger partial charge is 0.408 e. The standard InChI is InChI=1S/C42H50N7O6PSSi/c1-28(2)37(50)46-40-45-36-34(38(51)47-40)44-27-49(36)39-35(55-58(6,7)41(3,4)5)33(32(54-39)26-53-56(57)52-25-17-24-43)48-42(29-18-11-8-12-19-29,30-20-13-9-14-21-30)31-22-15-10-16-23-31/h8-16,18-23,27-28,32-33,35,39,48H,17,25-26H2,1-7H3,(H-,45,46,47,50,51)/p+1/t32?,33-,35?,39+/m0/s1. The van der Waals surface area contributed by atoms with Gasteiger partial charge in [0.25, 0.3) is 5.56 Å². The number of amides is 1. The Morgan fingerprint density at radius 3 is 2.09 bits per heavy atom. The normalized spacial score (nSPS) is 19.0. The molecule has 1 aliphatic rings. The van der Waals surface area contributed by atoms with Crippen LogP contribution in [0, 0.1) is 17.2 Å². The zero-order chi connectivity index (χ0) is 41.7. The summed E-state index contributed by atoms with van der Waals surface area (Å²) in [6.45, 7) is 14.6. The number of nitrogens with zero attached hydrogens (tertiary/aromatic N) is 4. The van der Waals surface area contributed by atoms with Gasteiger partial charge in [-0.05, 0) is 34.8 Å². The largest absolute Gasteiger partial charge is 0.521 e. The minimum atomic E-state index is -2.61. The Balaban J connectivity index is 1.57. The van der Waals surface area contributed by atoms with Crippen molar-refractivity contribution in [2.45, 2.75) is 89.2 Å². The second-order valence-electron chi connectivity index (χ2n) is 16.1. The first-order valence-electron chi connectivity index (χ1n) is 19.3. The van der Waals surface area contributed by atoms with Crippen LogP contribution in [0.15, 0.2) is 102 Å². The molecule has 6 rings (SSSR count). The van der Waals surface area contributed by atoms with Gasteiger partial charge in [-0.15, -0.1) is 9.05 Å². The third-order valence-corrected chi connectivity index (χ3v) is 16.7. The van der Waals surface area contributed by atoms with Gasteiger partial charge in [-0.1, -0.05) is 126 Å². The average molecular weight is 841 g/mol. The number of hydrogen-bond acceptors (Lipinski definition) is 11. The van der Waals surface area contributed by atoms with Gasteiger partial charge in [-0.25, -0.2) is 4.98 Å². The first kappa shape index (κ1) is 43.1. The molecular formula is C42H51N7O6PSSi+. The fraction of sp³-hybridized carbons (Fsp3) is 0.405. The fourth-order valence-electron chi connectivity index (χ4n) is 6.75. The number of benzene rings is 3. The molecule has 5 atom stereocenters. The summed E-state index contributed by atoms with van der Waals surface area (Å²) < 4.78 is 28.2. The molecule has 1 fully saturated rings. The van der Waals surface area contributed by atoms with E-state index in [-0.39, 0.29) is 53.6 Å². The Hall–Kier alpha value is -4.49. The molecule has 1 aliphatic heterocycles. The van der Waals surface area contributed by atoms with E-state index in [0.29, 0.717) is 0 Å². The van der Waals surface area contributed by atoms with Crippen molar-refractivity contribution in [3.05, 3.63) is 124 Å². The van der Waals surface area contributed by atoms with Crippen LogP contribution in [-0.2, 0) is 40.4 Å². The predicted molar refractivity (Wildman–Crippen MR) is 230 cm³/mol.